The molecule has 100 valence electrons. The minimum absolute atomic E-state index is 0.378. The van der Waals surface area contributed by atoms with Crippen LogP contribution in [0.1, 0.15) is 36.0 Å². The average Bonchev–Trinajstić information content (AvgIpc) is 2.43. The van der Waals surface area contributed by atoms with Crippen molar-refractivity contribution in [3.8, 4) is 0 Å². The van der Waals surface area contributed by atoms with E-state index in [1.807, 2.05) is 6.07 Å². The van der Waals surface area contributed by atoms with E-state index in [0.717, 1.165) is 12.8 Å². The van der Waals surface area contributed by atoms with E-state index in [1.54, 1.807) is 24.3 Å². The highest BCUT2D eigenvalue weighted by molar-refractivity contribution is 5.94. The van der Waals surface area contributed by atoms with Crippen LogP contribution >= 0.6 is 0 Å². The maximum Gasteiger partial charge on any atom is 0.338 e. The maximum absolute atomic E-state index is 12.0. The van der Waals surface area contributed by atoms with Gasteiger partial charge < -0.3 is 9.94 Å². The highest BCUT2D eigenvalue weighted by Gasteiger charge is 2.22. The van der Waals surface area contributed by atoms with E-state index >= 15 is 0 Å². The summed E-state index contributed by atoms with van der Waals surface area (Å²) in [5.41, 5.74) is 1.05. The Hall–Kier alpha value is -2.10. The van der Waals surface area contributed by atoms with Gasteiger partial charge in [-0.25, -0.2) is 4.79 Å². The van der Waals surface area contributed by atoms with Crippen LogP contribution in [0.15, 0.2) is 47.6 Å². The first-order valence-corrected chi connectivity index (χ1v) is 6.43. The van der Waals surface area contributed by atoms with Gasteiger partial charge in [0.1, 0.15) is 6.10 Å². The summed E-state index contributed by atoms with van der Waals surface area (Å²) < 4.78 is 5.45. The quantitative estimate of drug-likeness (QED) is 0.384. The van der Waals surface area contributed by atoms with Gasteiger partial charge in [0.2, 0.25) is 0 Å². The number of ether oxygens (including phenoxy) is 1. The Labute approximate surface area is 112 Å². The van der Waals surface area contributed by atoms with Crippen LogP contribution in [0.25, 0.3) is 0 Å². The molecule has 1 aromatic rings. The normalized spacial score (nSPS) is 21.7. The SMILES string of the molecule is O=C(O[C@H]1CCC=CCC/C1=N/O)c1ccccc1. The van der Waals surface area contributed by atoms with Crippen LogP contribution < -0.4 is 0 Å². The fourth-order valence-electron chi connectivity index (χ4n) is 2.05. The maximum atomic E-state index is 12.0. The average molecular weight is 259 g/mol. The molecule has 1 N–H and O–H groups in total. The van der Waals surface area contributed by atoms with Crippen LogP contribution in [0.3, 0.4) is 0 Å². The first-order valence-electron chi connectivity index (χ1n) is 6.43. The number of carbonyl (C=O) groups is 1. The topological polar surface area (TPSA) is 58.9 Å². The van der Waals surface area contributed by atoms with Crippen LogP contribution in [0.2, 0.25) is 0 Å². The third-order valence-corrected chi connectivity index (χ3v) is 3.09. The molecule has 0 aliphatic heterocycles. The summed E-state index contributed by atoms with van der Waals surface area (Å²) in [5, 5.41) is 12.3. The molecule has 0 radical (unpaired) electrons. The van der Waals surface area contributed by atoms with Crippen molar-refractivity contribution in [2.75, 3.05) is 0 Å². The number of carbonyl (C=O) groups excluding carboxylic acids is 1. The number of allylic oxidation sites excluding steroid dienone is 2. The fraction of sp³-hybridized carbons (Fsp3) is 0.333. The van der Waals surface area contributed by atoms with E-state index in [9.17, 15) is 4.79 Å². The summed E-state index contributed by atoms with van der Waals surface area (Å²) in [6, 6.07) is 8.84. The molecule has 0 amide bonds. The fourth-order valence-corrected chi connectivity index (χ4v) is 2.05. The summed E-state index contributed by atoms with van der Waals surface area (Å²) >= 11 is 0. The van der Waals surface area contributed by atoms with Gasteiger partial charge in [0, 0.05) is 0 Å². The first kappa shape index (κ1) is 13.3. The number of hydrogen-bond acceptors (Lipinski definition) is 4. The van der Waals surface area contributed by atoms with Gasteiger partial charge in [-0.15, -0.1) is 0 Å². The summed E-state index contributed by atoms with van der Waals surface area (Å²) in [7, 11) is 0. The molecule has 0 saturated heterocycles. The number of rotatable bonds is 2. The van der Waals surface area contributed by atoms with Crippen LogP contribution in [-0.2, 0) is 4.74 Å². The van der Waals surface area contributed by atoms with Crippen molar-refractivity contribution in [2.24, 2.45) is 5.16 Å². The Morgan fingerprint density at radius 3 is 2.68 bits per heavy atom. The van der Waals surface area contributed by atoms with Gasteiger partial charge in [0.15, 0.2) is 0 Å². The molecule has 0 bridgehead atoms. The first-order chi connectivity index (χ1) is 9.31. The largest absolute Gasteiger partial charge is 0.452 e. The Kier molecular flexibility index (Phi) is 4.72. The zero-order chi connectivity index (χ0) is 13.5. The summed E-state index contributed by atoms with van der Waals surface area (Å²) in [6.45, 7) is 0. The van der Waals surface area contributed by atoms with Crippen molar-refractivity contribution in [1.29, 1.82) is 0 Å². The van der Waals surface area contributed by atoms with Crippen LogP contribution in [0.5, 0.6) is 0 Å². The molecule has 1 aliphatic rings. The molecular weight excluding hydrogens is 242 g/mol. The van der Waals surface area contributed by atoms with Gasteiger partial charge in [-0.2, -0.15) is 0 Å². The molecular formula is C15H17NO3. The standard InChI is InChI=1S/C15H17NO3/c17-15(12-8-4-3-5-9-12)19-14-11-7-2-1-6-10-13(14)16-18/h1-5,8-9,14,18H,6-7,10-11H2/b2-1?,16-13-/t14-/m0/s1. The van der Waals surface area contributed by atoms with Crippen molar-refractivity contribution in [2.45, 2.75) is 31.8 Å². The summed E-state index contributed by atoms with van der Waals surface area (Å²) in [4.78, 5) is 12.0. The van der Waals surface area contributed by atoms with Crippen molar-refractivity contribution >= 4 is 11.7 Å². The van der Waals surface area contributed by atoms with Gasteiger partial charge in [0.25, 0.3) is 0 Å². The second-order valence-electron chi connectivity index (χ2n) is 4.44. The van der Waals surface area contributed by atoms with Gasteiger partial charge in [-0.3, -0.25) is 0 Å². The minimum Gasteiger partial charge on any atom is -0.452 e. The van der Waals surface area contributed by atoms with Crippen LogP contribution in [0, 0.1) is 0 Å². The molecule has 0 fully saturated rings. The zero-order valence-corrected chi connectivity index (χ0v) is 10.7. The molecule has 0 saturated carbocycles. The molecule has 1 aromatic carbocycles. The molecule has 0 spiro atoms. The van der Waals surface area contributed by atoms with Crippen molar-refractivity contribution in [3.05, 3.63) is 48.0 Å². The number of esters is 1. The molecule has 0 heterocycles. The van der Waals surface area contributed by atoms with E-state index in [0.29, 0.717) is 24.1 Å². The second kappa shape index (κ2) is 6.73. The number of benzene rings is 1. The molecule has 0 unspecified atom stereocenters. The highest BCUT2D eigenvalue weighted by Crippen LogP contribution is 2.15. The predicted octanol–water partition coefficient (Wildman–Crippen LogP) is 3.17. The van der Waals surface area contributed by atoms with E-state index in [1.165, 1.54) is 0 Å². The Morgan fingerprint density at radius 2 is 1.95 bits per heavy atom. The number of nitrogens with zero attached hydrogens (tertiary/aromatic N) is 1. The van der Waals surface area contributed by atoms with Gasteiger partial charge in [0.05, 0.1) is 11.3 Å². The monoisotopic (exact) mass is 259 g/mol. The minimum atomic E-state index is -0.442. The van der Waals surface area contributed by atoms with Gasteiger partial charge in [-0.05, 0) is 37.8 Å². The van der Waals surface area contributed by atoms with E-state index in [-0.39, 0.29) is 5.97 Å². The third-order valence-electron chi connectivity index (χ3n) is 3.09. The van der Waals surface area contributed by atoms with Crippen molar-refractivity contribution < 1.29 is 14.7 Å². The molecule has 4 nitrogen and oxygen atoms in total. The number of hydrogen-bond donors (Lipinski definition) is 1. The van der Waals surface area contributed by atoms with Crippen LogP contribution in [-0.4, -0.2) is 23.0 Å². The Bertz CT molecular complexity index is 479. The Balaban J connectivity index is 2.07. The smallest absolute Gasteiger partial charge is 0.338 e. The van der Waals surface area contributed by atoms with Crippen molar-refractivity contribution in [3.63, 3.8) is 0 Å². The molecule has 19 heavy (non-hydrogen) atoms. The molecule has 2 rings (SSSR count). The van der Waals surface area contributed by atoms with Crippen molar-refractivity contribution in [1.82, 2.24) is 0 Å². The van der Waals surface area contributed by atoms with Gasteiger partial charge >= 0.3 is 5.97 Å². The molecule has 0 aromatic heterocycles. The molecule has 4 heteroatoms. The number of oxime groups is 1. The molecule has 1 atom stereocenters. The molecule has 1 aliphatic carbocycles. The lowest BCUT2D eigenvalue weighted by Crippen LogP contribution is -2.28. The lowest BCUT2D eigenvalue weighted by atomic mass is 10.0. The van der Waals surface area contributed by atoms with E-state index in [2.05, 4.69) is 17.3 Å². The van der Waals surface area contributed by atoms with Crippen LogP contribution in [0.4, 0.5) is 0 Å². The highest BCUT2D eigenvalue weighted by atomic mass is 16.5. The second-order valence-corrected chi connectivity index (χ2v) is 4.44. The summed E-state index contributed by atoms with van der Waals surface area (Å²) in [5.74, 6) is -0.378. The third kappa shape index (κ3) is 3.68. The lowest BCUT2D eigenvalue weighted by molar-refractivity contribution is 0.0406. The zero-order valence-electron chi connectivity index (χ0n) is 10.7. The predicted molar refractivity (Wildman–Crippen MR) is 72.5 cm³/mol. The van der Waals surface area contributed by atoms with Gasteiger partial charge in [-0.1, -0.05) is 35.5 Å². The Morgan fingerprint density at radius 1 is 1.21 bits per heavy atom. The van der Waals surface area contributed by atoms with E-state index < -0.39 is 6.10 Å². The lowest BCUT2D eigenvalue weighted by Gasteiger charge is -2.19. The summed E-state index contributed by atoms with van der Waals surface area (Å²) in [6.07, 6.45) is 6.55. The van der Waals surface area contributed by atoms with E-state index in [4.69, 9.17) is 9.94 Å².